The van der Waals surface area contributed by atoms with Gasteiger partial charge in [0.25, 0.3) is 0 Å². The number of para-hydroxylation sites is 2. The second kappa shape index (κ2) is 15.0. The predicted octanol–water partition coefficient (Wildman–Crippen LogP) is 10.2. The molecule has 0 saturated carbocycles. The van der Waals surface area contributed by atoms with E-state index in [2.05, 4.69) is 55.5 Å². The Balaban J connectivity index is 0.000000255. The van der Waals surface area contributed by atoms with E-state index in [1.807, 2.05) is 60.4 Å². The van der Waals surface area contributed by atoms with E-state index in [-0.39, 0.29) is 23.9 Å². The number of allylic oxidation sites excluding steroid dienone is 2. The Kier molecular flexibility index (Phi) is 11.6. The summed E-state index contributed by atoms with van der Waals surface area (Å²) in [5.41, 5.74) is 5.56. The number of aromatic hydroxyl groups is 1. The van der Waals surface area contributed by atoms with Crippen LogP contribution in [0.25, 0.3) is 0 Å². The smallest absolute Gasteiger partial charge is 0.123 e. The third kappa shape index (κ3) is 8.15. The van der Waals surface area contributed by atoms with Gasteiger partial charge in [-0.3, -0.25) is 0 Å². The largest absolute Gasteiger partial charge is 0.498 e. The van der Waals surface area contributed by atoms with Crippen molar-refractivity contribution in [2.45, 2.75) is 71.7 Å². The molecule has 1 fully saturated rings. The number of hydrogen-bond acceptors (Lipinski definition) is 2. The summed E-state index contributed by atoms with van der Waals surface area (Å²) in [7, 11) is 11.7. The molecule has 2 atom stereocenters. The van der Waals surface area contributed by atoms with Gasteiger partial charge in [-0.15, -0.1) is 0 Å². The van der Waals surface area contributed by atoms with E-state index in [0.29, 0.717) is 11.8 Å². The Morgan fingerprint density at radius 3 is 2.07 bits per heavy atom. The summed E-state index contributed by atoms with van der Waals surface area (Å²) in [6.45, 7) is 14.8. The van der Waals surface area contributed by atoms with E-state index >= 15 is 0 Å². The van der Waals surface area contributed by atoms with Gasteiger partial charge in [-0.25, -0.2) is 15.3 Å². The maximum absolute atomic E-state index is 14.7. The maximum Gasteiger partial charge on any atom is 0.123 e. The number of anilines is 1. The first-order chi connectivity index (χ1) is 20.5. The van der Waals surface area contributed by atoms with Crippen LogP contribution in [0.4, 0.5) is 14.5 Å². The van der Waals surface area contributed by atoms with Crippen LogP contribution in [0.2, 0.25) is 0 Å². The van der Waals surface area contributed by atoms with E-state index in [1.54, 1.807) is 18.2 Å². The average molecular weight is 715 g/mol. The number of benzene rings is 3. The monoisotopic (exact) mass is 714 g/mol. The van der Waals surface area contributed by atoms with Crippen LogP contribution in [0.3, 0.4) is 0 Å². The Morgan fingerprint density at radius 2 is 1.49 bits per heavy atom. The van der Waals surface area contributed by atoms with Crippen LogP contribution in [-0.4, -0.2) is 26.4 Å². The molecule has 0 spiro atoms. The number of fused-ring (bicyclic) bond motifs is 1. The van der Waals surface area contributed by atoms with Crippen molar-refractivity contribution < 1.29 is 27.0 Å². The Bertz CT molecular complexity index is 1460. The van der Waals surface area contributed by atoms with E-state index < -0.39 is 19.6 Å². The zero-order chi connectivity index (χ0) is 31.3. The van der Waals surface area contributed by atoms with Crippen LogP contribution in [0.5, 0.6) is 5.75 Å². The fraction of sp³-hybridized carbons (Fsp3) is 0.314. The molecule has 0 radical (unpaired) electrons. The Labute approximate surface area is 268 Å². The van der Waals surface area contributed by atoms with Gasteiger partial charge in [0.1, 0.15) is 5.82 Å². The quantitative estimate of drug-likeness (QED) is 0.138. The molecule has 3 aromatic carbocycles. The van der Waals surface area contributed by atoms with Gasteiger partial charge >= 0.3 is 97.8 Å². The minimum atomic E-state index is -1.75. The number of hydrogen-bond donors (Lipinski definition) is 0. The maximum atomic E-state index is 14.7. The van der Waals surface area contributed by atoms with Crippen LogP contribution in [-0.2, 0) is 13.5 Å². The van der Waals surface area contributed by atoms with Crippen molar-refractivity contribution in [3.63, 3.8) is 0 Å². The molecule has 3 aromatic rings. The third-order valence-corrected chi connectivity index (χ3v) is 9.09. The molecule has 3 nitrogen and oxygen atoms in total. The molecule has 0 aromatic heterocycles. The summed E-state index contributed by atoms with van der Waals surface area (Å²) in [6.07, 6.45) is 5.22. The molecular formula is C35H40Cl2F2N2ORu. The van der Waals surface area contributed by atoms with Gasteiger partial charge in [0, 0.05) is 5.69 Å². The number of aliphatic hydroxyl groups is 1. The molecule has 0 bridgehead atoms. The Morgan fingerprint density at radius 1 is 0.860 bits per heavy atom. The van der Waals surface area contributed by atoms with E-state index in [0.717, 1.165) is 22.6 Å². The summed E-state index contributed by atoms with van der Waals surface area (Å²) < 4.78 is 34.8. The first kappa shape index (κ1) is 33.4. The summed E-state index contributed by atoms with van der Waals surface area (Å²) in [6, 6.07) is 20.4. The Hall–Kier alpha value is -2.53. The van der Waals surface area contributed by atoms with Gasteiger partial charge in [0.15, 0.2) is 0 Å². The summed E-state index contributed by atoms with van der Waals surface area (Å²) in [4.78, 5) is 4.19. The standard InChI is InChI=1S/C25H27F2N2.C10H12O.2ClH.Ru/c1-16(2)20-7-5-8-21(17(3)4)24(20)29-15-23-22(27)9-6-14-28(23)25(29)18-10-12-19(26)13-11-18;1-8(2)11-10-7-5-4-6-9(10)3;;;/h5-17,23,25H,1-4H3;3-8H,1-2H3;2*1H;/q-1;;;;+2/p-1. The second-order valence-corrected chi connectivity index (χ2v) is 17.2. The normalized spacial score (nSPS) is 18.0. The molecule has 2 aliphatic heterocycles. The van der Waals surface area contributed by atoms with Crippen molar-refractivity contribution in [3.05, 3.63) is 126 Å². The van der Waals surface area contributed by atoms with Crippen molar-refractivity contribution in [2.24, 2.45) is 0 Å². The van der Waals surface area contributed by atoms with Gasteiger partial charge in [0.2, 0.25) is 0 Å². The van der Waals surface area contributed by atoms with E-state index in [1.165, 1.54) is 29.3 Å². The van der Waals surface area contributed by atoms with Crippen molar-refractivity contribution >= 4 is 29.7 Å². The topological polar surface area (TPSA) is 19.3 Å². The molecule has 2 unspecified atom stereocenters. The summed E-state index contributed by atoms with van der Waals surface area (Å²) in [5, 5.41) is 0. The first-order valence-corrected chi connectivity index (χ1v) is 19.9. The van der Waals surface area contributed by atoms with E-state index in [9.17, 15) is 8.78 Å². The van der Waals surface area contributed by atoms with Crippen LogP contribution in [0.15, 0.2) is 90.9 Å². The van der Waals surface area contributed by atoms with Gasteiger partial charge in [-0.1, -0.05) is 58.0 Å². The number of halogens is 4. The van der Waals surface area contributed by atoms with Crippen molar-refractivity contribution in [1.82, 2.24) is 4.90 Å². The molecule has 0 aliphatic carbocycles. The summed E-state index contributed by atoms with van der Waals surface area (Å²) in [5.74, 6) is 1.15. The van der Waals surface area contributed by atoms with Crippen LogP contribution >= 0.6 is 19.4 Å². The van der Waals surface area contributed by atoms with Gasteiger partial charge < -0.3 is 9.80 Å². The van der Waals surface area contributed by atoms with Crippen LogP contribution < -0.4 is 4.90 Å². The van der Waals surface area contributed by atoms with Crippen LogP contribution in [0.1, 0.15) is 81.8 Å². The molecule has 0 amide bonds. The zero-order valence-electron chi connectivity index (χ0n) is 25.3. The van der Waals surface area contributed by atoms with Crippen molar-refractivity contribution in [1.29, 1.82) is 0 Å². The minimum Gasteiger partial charge on any atom is -0.498 e. The molecular weight excluding hydrogens is 674 g/mol. The van der Waals surface area contributed by atoms with Crippen molar-refractivity contribution in [2.75, 3.05) is 4.90 Å². The second-order valence-electron chi connectivity index (χ2n) is 11.4. The molecule has 1 saturated heterocycles. The first-order valence-electron chi connectivity index (χ1n) is 14.4. The summed E-state index contributed by atoms with van der Waals surface area (Å²) >= 11 is -1.75. The number of ether oxygens (including phenoxy) is 1. The zero-order valence-corrected chi connectivity index (χ0v) is 28.6. The minimum absolute atomic E-state index is 0.185. The molecule has 2 heterocycles. The molecule has 1 N–H and O–H groups in total. The molecule has 8 heteroatoms. The molecule has 2 aliphatic rings. The predicted molar refractivity (Wildman–Crippen MR) is 175 cm³/mol. The molecule has 232 valence electrons. The van der Waals surface area contributed by atoms with Gasteiger partial charge in [0.05, 0.1) is 12.0 Å². The van der Waals surface area contributed by atoms with Crippen molar-refractivity contribution in [3.8, 4) is 5.75 Å². The fourth-order valence-electron chi connectivity index (χ4n) is 5.35. The SMILES string of the molecule is CC(C)[OH+]c1ccccc1[CH]=[Ru]([Cl])[Cl].CC(C)c1cccc(C(C)C)c1N1[CH-]C2C(F)=CC=CN2C1c1ccc(F)cc1. The number of nitrogens with zero attached hydrogens (tertiary/aromatic N) is 2. The molecule has 5 rings (SSSR count). The fourth-order valence-corrected chi connectivity index (χ4v) is 7.17. The van der Waals surface area contributed by atoms with Crippen LogP contribution in [0, 0.1) is 12.4 Å². The third-order valence-electron chi connectivity index (χ3n) is 7.26. The average Bonchev–Trinajstić information content (AvgIpc) is 3.34. The van der Waals surface area contributed by atoms with E-state index in [4.69, 9.17) is 19.4 Å². The number of rotatable bonds is 7. The van der Waals surface area contributed by atoms with Gasteiger partial charge in [-0.2, -0.15) is 0 Å². The molecule has 43 heavy (non-hydrogen) atoms. The van der Waals surface area contributed by atoms with Gasteiger partial charge in [-0.05, 0) is 65.1 Å².